The van der Waals surface area contributed by atoms with Crippen molar-refractivity contribution < 1.29 is 18.6 Å². The van der Waals surface area contributed by atoms with Crippen molar-refractivity contribution in [2.24, 2.45) is 11.8 Å². The van der Waals surface area contributed by atoms with E-state index in [1.807, 2.05) is 30.3 Å². The maximum atomic E-state index is 13.4. The largest absolute Gasteiger partial charge is 0.493 e. The van der Waals surface area contributed by atoms with Crippen LogP contribution in [0, 0.1) is 17.7 Å². The zero-order valence-electron chi connectivity index (χ0n) is 17.3. The van der Waals surface area contributed by atoms with Crippen molar-refractivity contribution in [1.82, 2.24) is 4.90 Å². The summed E-state index contributed by atoms with van der Waals surface area (Å²) in [5.41, 5.74) is 1.20. The third-order valence-corrected chi connectivity index (χ3v) is 5.95. The van der Waals surface area contributed by atoms with Crippen LogP contribution in [0.15, 0.2) is 42.5 Å². The summed E-state index contributed by atoms with van der Waals surface area (Å²) in [5.74, 6) is 3.54. The SMILES string of the molecule is CC(C)CCN1CC[C@@H](c2ccc(F)cc2)[C@H](COc2ccc3c(c2)OCO3)C1. The fourth-order valence-electron chi connectivity index (χ4n) is 4.24. The van der Waals surface area contributed by atoms with E-state index in [1.165, 1.54) is 12.0 Å². The molecule has 0 aromatic heterocycles. The highest BCUT2D eigenvalue weighted by Gasteiger charge is 2.31. The van der Waals surface area contributed by atoms with Gasteiger partial charge in [-0.3, -0.25) is 0 Å². The molecule has 0 spiro atoms. The van der Waals surface area contributed by atoms with E-state index in [-0.39, 0.29) is 12.6 Å². The van der Waals surface area contributed by atoms with Crippen molar-refractivity contribution in [2.45, 2.75) is 32.6 Å². The maximum Gasteiger partial charge on any atom is 0.231 e. The van der Waals surface area contributed by atoms with Crippen LogP contribution in [0.1, 0.15) is 38.2 Å². The highest BCUT2D eigenvalue weighted by atomic mass is 19.1. The van der Waals surface area contributed by atoms with Crippen LogP contribution in [0.25, 0.3) is 0 Å². The van der Waals surface area contributed by atoms with Crippen LogP contribution in [0.5, 0.6) is 17.2 Å². The van der Waals surface area contributed by atoms with Crippen LogP contribution in [-0.2, 0) is 0 Å². The number of fused-ring (bicyclic) bond motifs is 1. The minimum Gasteiger partial charge on any atom is -0.493 e. The van der Waals surface area contributed by atoms with Gasteiger partial charge in [-0.15, -0.1) is 0 Å². The molecule has 0 unspecified atom stereocenters. The second-order valence-electron chi connectivity index (χ2n) is 8.52. The molecule has 0 amide bonds. The first-order chi connectivity index (χ1) is 14.1. The summed E-state index contributed by atoms with van der Waals surface area (Å²) in [7, 11) is 0. The summed E-state index contributed by atoms with van der Waals surface area (Å²) in [6.45, 7) is 8.62. The van der Waals surface area contributed by atoms with E-state index in [4.69, 9.17) is 14.2 Å². The highest BCUT2D eigenvalue weighted by Crippen LogP contribution is 2.37. The molecule has 5 heteroatoms. The summed E-state index contributed by atoms with van der Waals surface area (Å²) in [6, 6.07) is 12.7. The van der Waals surface area contributed by atoms with Gasteiger partial charge in [0.1, 0.15) is 11.6 Å². The van der Waals surface area contributed by atoms with Gasteiger partial charge in [-0.05, 0) is 67.6 Å². The molecule has 2 atom stereocenters. The summed E-state index contributed by atoms with van der Waals surface area (Å²) in [5, 5.41) is 0. The van der Waals surface area contributed by atoms with Crippen LogP contribution >= 0.6 is 0 Å². The minimum atomic E-state index is -0.184. The van der Waals surface area contributed by atoms with Crippen LogP contribution in [0.2, 0.25) is 0 Å². The summed E-state index contributed by atoms with van der Waals surface area (Å²) < 4.78 is 30.4. The first-order valence-electron chi connectivity index (χ1n) is 10.6. The number of hydrogen-bond donors (Lipinski definition) is 0. The first kappa shape index (κ1) is 20.0. The Morgan fingerprint density at radius 3 is 2.69 bits per heavy atom. The van der Waals surface area contributed by atoms with Gasteiger partial charge in [0, 0.05) is 18.5 Å². The zero-order valence-corrected chi connectivity index (χ0v) is 17.3. The van der Waals surface area contributed by atoms with Gasteiger partial charge < -0.3 is 19.1 Å². The number of piperidine rings is 1. The highest BCUT2D eigenvalue weighted by molar-refractivity contribution is 5.46. The second-order valence-corrected chi connectivity index (χ2v) is 8.52. The van der Waals surface area contributed by atoms with Crippen molar-refractivity contribution in [3.8, 4) is 17.2 Å². The molecule has 0 saturated carbocycles. The molecule has 2 aromatic rings. The van der Waals surface area contributed by atoms with Gasteiger partial charge in [0.05, 0.1) is 6.61 Å². The van der Waals surface area contributed by atoms with Gasteiger partial charge in [-0.1, -0.05) is 26.0 Å². The molecule has 0 aliphatic carbocycles. The molecular weight excluding hydrogens is 369 g/mol. The quantitative estimate of drug-likeness (QED) is 0.649. The average Bonchev–Trinajstić information content (AvgIpc) is 3.19. The third-order valence-electron chi connectivity index (χ3n) is 5.95. The van der Waals surface area contributed by atoms with Crippen molar-refractivity contribution in [1.29, 1.82) is 0 Å². The van der Waals surface area contributed by atoms with Crippen LogP contribution in [0.3, 0.4) is 0 Å². The molecule has 156 valence electrons. The molecule has 1 saturated heterocycles. The molecule has 0 radical (unpaired) electrons. The molecule has 0 N–H and O–H groups in total. The third kappa shape index (κ3) is 5.02. The van der Waals surface area contributed by atoms with Gasteiger partial charge in [-0.25, -0.2) is 4.39 Å². The minimum absolute atomic E-state index is 0.184. The molecule has 2 aromatic carbocycles. The Morgan fingerprint density at radius 1 is 1.10 bits per heavy atom. The molecule has 4 rings (SSSR count). The van der Waals surface area contributed by atoms with Crippen LogP contribution in [0.4, 0.5) is 4.39 Å². The Hall–Kier alpha value is -2.27. The first-order valence-corrected chi connectivity index (χ1v) is 10.6. The topological polar surface area (TPSA) is 30.9 Å². The van der Waals surface area contributed by atoms with E-state index in [0.29, 0.717) is 24.4 Å². The number of benzene rings is 2. The lowest BCUT2D eigenvalue weighted by atomic mass is 9.80. The Morgan fingerprint density at radius 2 is 1.90 bits per heavy atom. The second kappa shape index (κ2) is 9.04. The Bertz CT molecular complexity index is 808. The number of halogens is 1. The van der Waals surface area contributed by atoms with Gasteiger partial charge >= 0.3 is 0 Å². The molecular formula is C24H30FNO3. The van der Waals surface area contributed by atoms with Crippen molar-refractivity contribution in [3.63, 3.8) is 0 Å². The lowest BCUT2D eigenvalue weighted by Crippen LogP contribution is -2.42. The van der Waals surface area contributed by atoms with Crippen molar-refractivity contribution >= 4 is 0 Å². The van der Waals surface area contributed by atoms with E-state index in [9.17, 15) is 4.39 Å². The van der Waals surface area contributed by atoms with Gasteiger partial charge in [-0.2, -0.15) is 0 Å². The lowest BCUT2D eigenvalue weighted by molar-refractivity contribution is 0.107. The summed E-state index contributed by atoms with van der Waals surface area (Å²) in [6.07, 6.45) is 2.27. The monoisotopic (exact) mass is 399 g/mol. The molecule has 2 heterocycles. The van der Waals surface area contributed by atoms with Gasteiger partial charge in [0.2, 0.25) is 6.79 Å². The fourth-order valence-corrected chi connectivity index (χ4v) is 4.24. The predicted octanol–water partition coefficient (Wildman–Crippen LogP) is 5.09. The van der Waals surface area contributed by atoms with E-state index in [2.05, 4.69) is 18.7 Å². The predicted molar refractivity (Wildman–Crippen MR) is 111 cm³/mol. The zero-order chi connectivity index (χ0) is 20.2. The molecule has 2 aliphatic rings. The van der Waals surface area contributed by atoms with Crippen molar-refractivity contribution in [2.75, 3.05) is 33.0 Å². The fraction of sp³-hybridized carbons (Fsp3) is 0.500. The maximum absolute atomic E-state index is 13.4. The Kier molecular flexibility index (Phi) is 6.24. The smallest absolute Gasteiger partial charge is 0.231 e. The van der Waals surface area contributed by atoms with E-state index in [0.717, 1.165) is 43.3 Å². The molecule has 29 heavy (non-hydrogen) atoms. The van der Waals surface area contributed by atoms with Gasteiger partial charge in [0.15, 0.2) is 11.5 Å². The van der Waals surface area contributed by atoms with Crippen molar-refractivity contribution in [3.05, 3.63) is 53.8 Å². The normalized spacial score (nSPS) is 21.5. The van der Waals surface area contributed by atoms with E-state index in [1.54, 1.807) is 12.1 Å². The standard InChI is InChI=1S/C24H30FNO3/c1-17(2)9-11-26-12-10-22(18-3-5-20(25)6-4-18)19(14-26)15-27-21-7-8-23-24(13-21)29-16-28-23/h3-8,13,17,19,22H,9-12,14-16H2,1-2H3/t19-,22-/m0/s1. The van der Waals surface area contributed by atoms with Crippen LogP contribution < -0.4 is 14.2 Å². The molecule has 1 fully saturated rings. The molecule has 2 aliphatic heterocycles. The van der Waals surface area contributed by atoms with E-state index < -0.39 is 0 Å². The van der Waals surface area contributed by atoms with Gasteiger partial charge in [0.25, 0.3) is 0 Å². The van der Waals surface area contributed by atoms with Crippen LogP contribution in [-0.4, -0.2) is 37.9 Å². The molecule has 0 bridgehead atoms. The lowest BCUT2D eigenvalue weighted by Gasteiger charge is -2.39. The number of nitrogens with zero attached hydrogens (tertiary/aromatic N) is 1. The summed E-state index contributed by atoms with van der Waals surface area (Å²) >= 11 is 0. The Labute approximate surface area is 172 Å². The Balaban J connectivity index is 1.45. The number of ether oxygens (including phenoxy) is 3. The average molecular weight is 400 g/mol. The van der Waals surface area contributed by atoms with E-state index >= 15 is 0 Å². The summed E-state index contributed by atoms with van der Waals surface area (Å²) in [4.78, 5) is 2.55. The number of hydrogen-bond acceptors (Lipinski definition) is 4. The number of rotatable bonds is 7. The number of likely N-dealkylation sites (tertiary alicyclic amines) is 1. The molecule has 4 nitrogen and oxygen atoms in total.